The number of aromatic nitrogens is 2. The number of fused-ring (bicyclic) bond motifs is 1. The Balaban J connectivity index is 2.38. The van der Waals surface area contributed by atoms with Crippen molar-refractivity contribution in [1.29, 1.82) is 0 Å². The van der Waals surface area contributed by atoms with Gasteiger partial charge in [-0.1, -0.05) is 33.6 Å². The Morgan fingerprint density at radius 3 is 2.81 bits per heavy atom. The molecule has 0 aliphatic heterocycles. The molecule has 3 aromatic rings. The Morgan fingerprint density at radius 1 is 1.33 bits per heavy atom. The van der Waals surface area contributed by atoms with E-state index in [1.807, 2.05) is 29.7 Å². The van der Waals surface area contributed by atoms with Crippen LogP contribution in [0.4, 0.5) is 0 Å². The van der Waals surface area contributed by atoms with Crippen LogP contribution in [0, 0.1) is 6.92 Å². The highest BCUT2D eigenvalue weighted by atomic mass is 79.9. The van der Waals surface area contributed by atoms with Crippen LogP contribution in [0.15, 0.2) is 40.9 Å². The van der Waals surface area contributed by atoms with E-state index in [-0.39, 0.29) is 5.56 Å². The fourth-order valence-electron chi connectivity index (χ4n) is 2.35. The average molecular weight is 366 g/mol. The third-order valence-corrected chi connectivity index (χ3v) is 4.05. The summed E-state index contributed by atoms with van der Waals surface area (Å²) in [5.41, 5.74) is 2.11. The first-order valence-corrected chi connectivity index (χ1v) is 7.33. The first-order chi connectivity index (χ1) is 9.99. The molecule has 0 radical (unpaired) electrons. The number of para-hydroxylation sites is 1. The summed E-state index contributed by atoms with van der Waals surface area (Å²) in [6.07, 6.45) is 0. The van der Waals surface area contributed by atoms with Crippen molar-refractivity contribution in [1.82, 2.24) is 9.55 Å². The van der Waals surface area contributed by atoms with Crippen LogP contribution in [0.2, 0.25) is 5.02 Å². The van der Waals surface area contributed by atoms with Crippen LogP contribution in [-0.2, 0) is 0 Å². The number of aryl methyl sites for hydroxylation is 1. The van der Waals surface area contributed by atoms with Crippen LogP contribution in [0.3, 0.4) is 0 Å². The van der Waals surface area contributed by atoms with E-state index >= 15 is 0 Å². The van der Waals surface area contributed by atoms with Gasteiger partial charge in [-0.25, -0.2) is 9.78 Å². The minimum absolute atomic E-state index is 0.181. The van der Waals surface area contributed by atoms with E-state index in [1.54, 1.807) is 18.2 Å². The van der Waals surface area contributed by atoms with Crippen LogP contribution < -0.4 is 0 Å². The number of carbonyl (C=O) groups is 1. The lowest BCUT2D eigenvalue weighted by Gasteiger charge is -2.09. The molecule has 6 heteroatoms. The molecule has 0 aliphatic carbocycles. The zero-order chi connectivity index (χ0) is 15.1. The van der Waals surface area contributed by atoms with Gasteiger partial charge in [0.1, 0.15) is 11.3 Å². The molecule has 0 fully saturated rings. The van der Waals surface area contributed by atoms with Gasteiger partial charge in [0.15, 0.2) is 0 Å². The Morgan fingerprint density at radius 2 is 2.10 bits per heavy atom. The van der Waals surface area contributed by atoms with Gasteiger partial charge in [0.25, 0.3) is 0 Å². The van der Waals surface area contributed by atoms with Crippen molar-refractivity contribution >= 4 is 44.5 Å². The van der Waals surface area contributed by atoms with Gasteiger partial charge in [-0.15, -0.1) is 0 Å². The minimum Gasteiger partial charge on any atom is -0.478 e. The van der Waals surface area contributed by atoms with Gasteiger partial charge >= 0.3 is 5.97 Å². The molecule has 0 saturated carbocycles. The van der Waals surface area contributed by atoms with Crippen molar-refractivity contribution in [3.63, 3.8) is 0 Å². The van der Waals surface area contributed by atoms with Gasteiger partial charge in [0.2, 0.25) is 0 Å². The highest BCUT2D eigenvalue weighted by Gasteiger charge is 2.17. The number of halogens is 2. The molecular weight excluding hydrogens is 356 g/mol. The summed E-state index contributed by atoms with van der Waals surface area (Å²) < 4.78 is 2.74. The number of imidazole rings is 1. The van der Waals surface area contributed by atoms with E-state index in [1.165, 1.54) is 0 Å². The van der Waals surface area contributed by atoms with Crippen molar-refractivity contribution in [2.24, 2.45) is 0 Å². The van der Waals surface area contributed by atoms with E-state index < -0.39 is 5.97 Å². The number of rotatable bonds is 2. The first-order valence-electron chi connectivity index (χ1n) is 6.16. The number of hydrogen-bond donors (Lipinski definition) is 1. The molecule has 106 valence electrons. The smallest absolute Gasteiger partial charge is 0.337 e. The molecule has 4 nitrogen and oxygen atoms in total. The minimum atomic E-state index is -0.995. The topological polar surface area (TPSA) is 55.1 Å². The molecule has 21 heavy (non-hydrogen) atoms. The zero-order valence-corrected chi connectivity index (χ0v) is 13.3. The van der Waals surface area contributed by atoms with Crippen LogP contribution in [0.5, 0.6) is 0 Å². The molecule has 0 amide bonds. The lowest BCUT2D eigenvalue weighted by molar-refractivity contribution is 0.0699. The maximum Gasteiger partial charge on any atom is 0.337 e. The highest BCUT2D eigenvalue weighted by Crippen LogP contribution is 2.30. The maximum atomic E-state index is 11.3. The molecule has 3 rings (SSSR count). The van der Waals surface area contributed by atoms with Crippen LogP contribution in [-0.4, -0.2) is 20.6 Å². The second-order valence-electron chi connectivity index (χ2n) is 4.57. The lowest BCUT2D eigenvalue weighted by Crippen LogP contribution is -1.99. The molecule has 2 aromatic carbocycles. The number of carboxylic acid groups (broad SMARTS) is 1. The third kappa shape index (κ3) is 2.32. The number of nitrogens with zero attached hydrogens (tertiary/aromatic N) is 2. The lowest BCUT2D eigenvalue weighted by atomic mass is 10.2. The fraction of sp³-hybridized carbons (Fsp3) is 0.0667. The van der Waals surface area contributed by atoms with E-state index in [4.69, 9.17) is 11.6 Å². The SMILES string of the molecule is Cc1nc2c(C(=O)O)cccc2n1-c1cc(Br)ccc1Cl. The summed E-state index contributed by atoms with van der Waals surface area (Å²) in [6.45, 7) is 1.82. The second-order valence-corrected chi connectivity index (χ2v) is 5.89. The first kappa shape index (κ1) is 14.1. The normalized spacial score (nSPS) is 11.0. The molecular formula is C15H10BrClN2O2. The number of aromatic carboxylic acids is 1. The van der Waals surface area contributed by atoms with Gasteiger partial charge in [0.05, 0.1) is 21.8 Å². The summed E-state index contributed by atoms with van der Waals surface area (Å²) in [5, 5.41) is 9.84. The van der Waals surface area contributed by atoms with E-state index in [0.29, 0.717) is 21.9 Å². The monoisotopic (exact) mass is 364 g/mol. The molecule has 0 bridgehead atoms. The summed E-state index contributed by atoms with van der Waals surface area (Å²) >= 11 is 9.70. The van der Waals surface area contributed by atoms with Crippen LogP contribution >= 0.6 is 27.5 Å². The van der Waals surface area contributed by atoms with Gasteiger partial charge in [-0.2, -0.15) is 0 Å². The largest absolute Gasteiger partial charge is 0.478 e. The molecule has 1 heterocycles. The summed E-state index contributed by atoms with van der Waals surface area (Å²) in [7, 11) is 0. The van der Waals surface area contributed by atoms with Gasteiger partial charge in [0, 0.05) is 4.47 Å². The summed E-state index contributed by atoms with van der Waals surface area (Å²) in [5.74, 6) is -0.315. The van der Waals surface area contributed by atoms with Crippen molar-refractivity contribution in [2.45, 2.75) is 6.92 Å². The maximum absolute atomic E-state index is 11.3. The molecule has 1 N–H and O–H groups in total. The standard InChI is InChI=1S/C15H10BrClN2O2/c1-8-18-14-10(15(20)21)3-2-4-12(14)19(8)13-7-9(16)5-6-11(13)17/h2-7H,1H3,(H,20,21). The van der Waals surface area contributed by atoms with Crippen LogP contribution in [0.1, 0.15) is 16.2 Å². The number of hydrogen-bond acceptors (Lipinski definition) is 2. The van der Waals surface area contributed by atoms with E-state index in [2.05, 4.69) is 20.9 Å². The molecule has 0 saturated heterocycles. The Bertz CT molecular complexity index is 873. The molecule has 0 atom stereocenters. The van der Waals surface area contributed by atoms with Gasteiger partial charge in [-0.05, 0) is 37.3 Å². The van der Waals surface area contributed by atoms with Gasteiger partial charge < -0.3 is 5.11 Å². The predicted octanol–water partition coefficient (Wildman–Crippen LogP) is 4.45. The summed E-state index contributed by atoms with van der Waals surface area (Å²) in [4.78, 5) is 15.7. The highest BCUT2D eigenvalue weighted by molar-refractivity contribution is 9.10. The van der Waals surface area contributed by atoms with E-state index in [9.17, 15) is 9.90 Å². The fourth-order valence-corrected chi connectivity index (χ4v) is 2.90. The van der Waals surface area contributed by atoms with Crippen molar-refractivity contribution in [3.05, 3.63) is 57.3 Å². The Hall–Kier alpha value is -1.85. The third-order valence-electron chi connectivity index (χ3n) is 3.23. The van der Waals surface area contributed by atoms with Crippen molar-refractivity contribution < 1.29 is 9.90 Å². The molecule has 1 aromatic heterocycles. The Kier molecular flexibility index (Phi) is 3.47. The number of benzene rings is 2. The second kappa shape index (κ2) is 5.16. The molecule has 0 spiro atoms. The van der Waals surface area contributed by atoms with Crippen LogP contribution in [0.25, 0.3) is 16.7 Å². The average Bonchev–Trinajstić information content (AvgIpc) is 2.77. The molecule has 0 unspecified atom stereocenters. The molecule has 0 aliphatic rings. The zero-order valence-electron chi connectivity index (χ0n) is 11.0. The van der Waals surface area contributed by atoms with Crippen molar-refractivity contribution in [3.8, 4) is 5.69 Å². The van der Waals surface area contributed by atoms with Crippen molar-refractivity contribution in [2.75, 3.05) is 0 Å². The Labute approximate surface area is 134 Å². The quantitative estimate of drug-likeness (QED) is 0.730. The number of carboxylic acids is 1. The van der Waals surface area contributed by atoms with Gasteiger partial charge in [-0.3, -0.25) is 4.57 Å². The summed E-state index contributed by atoms with van der Waals surface area (Å²) in [6, 6.07) is 10.6. The predicted molar refractivity (Wildman–Crippen MR) is 85.5 cm³/mol. The van der Waals surface area contributed by atoms with E-state index in [0.717, 1.165) is 10.2 Å².